The summed E-state index contributed by atoms with van der Waals surface area (Å²) in [6.07, 6.45) is 0.885. The fourth-order valence-electron chi connectivity index (χ4n) is 2.22. The van der Waals surface area contributed by atoms with Crippen LogP contribution in [-0.4, -0.2) is 52.1 Å². The predicted octanol–water partition coefficient (Wildman–Crippen LogP) is -0.481. The van der Waals surface area contributed by atoms with Crippen molar-refractivity contribution in [1.29, 1.82) is 0 Å². The highest BCUT2D eigenvalue weighted by atomic mass is 16.5. The van der Waals surface area contributed by atoms with E-state index in [9.17, 15) is 14.7 Å². The smallest absolute Gasteiger partial charge is 0.269 e. The zero-order valence-electron chi connectivity index (χ0n) is 12.8. The van der Waals surface area contributed by atoms with Crippen LogP contribution < -0.4 is 11.1 Å². The molecule has 1 aromatic heterocycles. The minimum absolute atomic E-state index is 0.0484. The topological polar surface area (TPSA) is 119 Å². The van der Waals surface area contributed by atoms with Gasteiger partial charge >= 0.3 is 0 Å². The fraction of sp³-hybridized carbons (Fsp3) is 0.643. The largest absolute Gasteiger partial charge is 0.389 e. The van der Waals surface area contributed by atoms with Gasteiger partial charge in [0.25, 0.3) is 11.8 Å². The van der Waals surface area contributed by atoms with Gasteiger partial charge in [-0.15, -0.1) is 0 Å². The number of rotatable bonds is 6. The summed E-state index contributed by atoms with van der Waals surface area (Å²) in [5.41, 5.74) is 4.52. The van der Waals surface area contributed by atoms with E-state index in [1.807, 2.05) is 0 Å². The number of nitrogens with zero attached hydrogens (tertiary/aromatic N) is 2. The van der Waals surface area contributed by atoms with Crippen molar-refractivity contribution in [2.24, 2.45) is 11.7 Å². The fourth-order valence-corrected chi connectivity index (χ4v) is 2.22. The normalized spacial score (nSPS) is 18.4. The van der Waals surface area contributed by atoms with Gasteiger partial charge in [0.15, 0.2) is 5.69 Å². The molecule has 8 heteroatoms. The summed E-state index contributed by atoms with van der Waals surface area (Å²) in [6, 6.07) is 1.37. The van der Waals surface area contributed by atoms with E-state index in [2.05, 4.69) is 10.4 Å². The lowest BCUT2D eigenvalue weighted by Crippen LogP contribution is -2.39. The van der Waals surface area contributed by atoms with Crippen LogP contribution in [0.3, 0.4) is 0 Å². The lowest BCUT2D eigenvalue weighted by Gasteiger charge is -2.18. The molecule has 2 heterocycles. The highest BCUT2D eigenvalue weighted by Gasteiger charge is 2.23. The van der Waals surface area contributed by atoms with E-state index in [0.717, 1.165) is 6.42 Å². The molecule has 0 spiro atoms. The molecule has 0 saturated carbocycles. The third-order valence-electron chi connectivity index (χ3n) is 3.40. The maximum Gasteiger partial charge on any atom is 0.269 e. The zero-order valence-corrected chi connectivity index (χ0v) is 12.8. The number of carbonyl (C=O) groups is 2. The van der Waals surface area contributed by atoms with Gasteiger partial charge in [0.05, 0.1) is 12.2 Å². The van der Waals surface area contributed by atoms with Gasteiger partial charge in [-0.2, -0.15) is 5.10 Å². The van der Waals surface area contributed by atoms with Crippen molar-refractivity contribution in [2.75, 3.05) is 19.8 Å². The maximum absolute atomic E-state index is 12.3. The first-order valence-corrected chi connectivity index (χ1v) is 7.22. The van der Waals surface area contributed by atoms with Gasteiger partial charge in [-0.3, -0.25) is 14.3 Å². The summed E-state index contributed by atoms with van der Waals surface area (Å²) in [4.78, 5) is 23.5. The number of nitrogens with one attached hydrogen (secondary N) is 1. The Morgan fingerprint density at radius 1 is 1.59 bits per heavy atom. The van der Waals surface area contributed by atoms with E-state index in [1.54, 1.807) is 13.8 Å². The zero-order chi connectivity index (χ0) is 16.3. The van der Waals surface area contributed by atoms with Crippen LogP contribution in [0.4, 0.5) is 0 Å². The Balaban J connectivity index is 2.16. The predicted molar refractivity (Wildman–Crippen MR) is 78.3 cm³/mol. The third kappa shape index (κ3) is 4.28. The van der Waals surface area contributed by atoms with Crippen LogP contribution in [0.25, 0.3) is 0 Å². The molecule has 1 unspecified atom stereocenters. The van der Waals surface area contributed by atoms with Crippen molar-refractivity contribution in [3.8, 4) is 0 Å². The van der Waals surface area contributed by atoms with Gasteiger partial charge in [0.1, 0.15) is 5.69 Å². The molecular formula is C14H22N4O4. The van der Waals surface area contributed by atoms with Crippen molar-refractivity contribution in [3.05, 3.63) is 17.5 Å². The second kappa shape index (κ2) is 6.45. The van der Waals surface area contributed by atoms with Crippen molar-refractivity contribution in [3.63, 3.8) is 0 Å². The highest BCUT2D eigenvalue weighted by Crippen LogP contribution is 2.16. The Kier molecular flexibility index (Phi) is 4.82. The van der Waals surface area contributed by atoms with Crippen molar-refractivity contribution >= 4 is 11.8 Å². The standard InChI is InChI=1S/C14H22N4O4/c1-14(2,21)8-16-13(20)11-5-10(12(15)19)17-18(11)6-9-3-4-22-7-9/h5,9,21H,3-4,6-8H2,1-2H3,(H2,15,19)(H,16,20). The molecule has 2 amide bonds. The van der Waals surface area contributed by atoms with Crippen LogP contribution >= 0.6 is 0 Å². The second-order valence-electron chi connectivity index (χ2n) is 6.19. The minimum atomic E-state index is -1.02. The SMILES string of the molecule is CC(C)(O)CNC(=O)c1cc(C(N)=O)nn1CC1CCOC1. The first kappa shape index (κ1) is 16.4. The summed E-state index contributed by atoms with van der Waals surface area (Å²) in [7, 11) is 0. The van der Waals surface area contributed by atoms with Crippen LogP contribution in [0.1, 0.15) is 41.2 Å². The molecule has 1 aromatic rings. The number of hydrogen-bond donors (Lipinski definition) is 3. The molecule has 122 valence electrons. The number of amides is 2. The molecule has 0 aromatic carbocycles. The average molecular weight is 310 g/mol. The first-order chi connectivity index (χ1) is 10.3. The minimum Gasteiger partial charge on any atom is -0.389 e. The Labute approximate surface area is 128 Å². The van der Waals surface area contributed by atoms with E-state index in [4.69, 9.17) is 10.5 Å². The number of aromatic nitrogens is 2. The average Bonchev–Trinajstić information content (AvgIpc) is 3.05. The van der Waals surface area contributed by atoms with E-state index in [0.29, 0.717) is 19.8 Å². The molecule has 2 rings (SSSR count). The molecule has 1 aliphatic rings. The van der Waals surface area contributed by atoms with Gasteiger partial charge in [0.2, 0.25) is 0 Å². The highest BCUT2D eigenvalue weighted by molar-refractivity contribution is 5.97. The number of nitrogens with two attached hydrogens (primary N) is 1. The molecular weight excluding hydrogens is 288 g/mol. The third-order valence-corrected chi connectivity index (χ3v) is 3.40. The molecule has 0 bridgehead atoms. The van der Waals surface area contributed by atoms with Gasteiger partial charge < -0.3 is 20.9 Å². The van der Waals surface area contributed by atoms with Crippen molar-refractivity contribution in [1.82, 2.24) is 15.1 Å². The molecule has 1 saturated heterocycles. The quantitative estimate of drug-likeness (QED) is 0.655. The van der Waals surface area contributed by atoms with Crippen LogP contribution in [0.15, 0.2) is 6.07 Å². The number of carbonyl (C=O) groups excluding carboxylic acids is 2. The van der Waals surface area contributed by atoms with E-state index >= 15 is 0 Å². The van der Waals surface area contributed by atoms with E-state index in [1.165, 1.54) is 10.7 Å². The van der Waals surface area contributed by atoms with E-state index in [-0.39, 0.29) is 23.9 Å². The van der Waals surface area contributed by atoms with Crippen LogP contribution in [0, 0.1) is 5.92 Å². The summed E-state index contributed by atoms with van der Waals surface area (Å²) >= 11 is 0. The van der Waals surface area contributed by atoms with Gasteiger partial charge in [-0.1, -0.05) is 0 Å². The first-order valence-electron chi connectivity index (χ1n) is 7.22. The molecule has 1 fully saturated rings. The van der Waals surface area contributed by atoms with Crippen LogP contribution in [0.5, 0.6) is 0 Å². The second-order valence-corrected chi connectivity index (χ2v) is 6.19. The summed E-state index contributed by atoms with van der Waals surface area (Å²) in [5.74, 6) is -0.833. The molecule has 4 N–H and O–H groups in total. The molecule has 0 aliphatic carbocycles. The molecule has 0 radical (unpaired) electrons. The lowest BCUT2D eigenvalue weighted by atomic mass is 10.1. The van der Waals surface area contributed by atoms with Crippen molar-refractivity contribution < 1.29 is 19.4 Å². The molecule has 1 aliphatic heterocycles. The lowest BCUT2D eigenvalue weighted by molar-refractivity contribution is 0.0688. The van der Waals surface area contributed by atoms with Gasteiger partial charge in [0, 0.05) is 31.7 Å². The van der Waals surface area contributed by atoms with Gasteiger partial charge in [-0.05, 0) is 20.3 Å². The molecule has 22 heavy (non-hydrogen) atoms. The van der Waals surface area contributed by atoms with Crippen LogP contribution in [0.2, 0.25) is 0 Å². The van der Waals surface area contributed by atoms with Crippen molar-refractivity contribution in [2.45, 2.75) is 32.4 Å². The monoisotopic (exact) mass is 310 g/mol. The van der Waals surface area contributed by atoms with Crippen LogP contribution in [-0.2, 0) is 11.3 Å². The summed E-state index contributed by atoms with van der Waals surface area (Å²) in [6.45, 7) is 5.06. The van der Waals surface area contributed by atoms with Gasteiger partial charge in [-0.25, -0.2) is 0 Å². The maximum atomic E-state index is 12.3. The number of primary amides is 1. The molecule has 1 atom stereocenters. The summed E-state index contributed by atoms with van der Waals surface area (Å²) < 4.78 is 6.80. The number of hydrogen-bond acceptors (Lipinski definition) is 5. The molecule has 8 nitrogen and oxygen atoms in total. The number of ether oxygens (including phenoxy) is 1. The van der Waals surface area contributed by atoms with E-state index < -0.39 is 17.4 Å². The Morgan fingerprint density at radius 3 is 2.86 bits per heavy atom. The Bertz CT molecular complexity index is 556. The number of aliphatic hydroxyl groups is 1. The Hall–Kier alpha value is -1.93. The Morgan fingerprint density at radius 2 is 2.32 bits per heavy atom. The summed E-state index contributed by atoms with van der Waals surface area (Å²) in [5, 5.41) is 16.4.